The zero-order valence-electron chi connectivity index (χ0n) is 9.04. The lowest BCUT2D eigenvalue weighted by Crippen LogP contribution is -2.24. The number of nitrogens with one attached hydrogen (secondary N) is 1. The minimum Gasteiger partial charge on any atom is -0.352 e. The van der Waals surface area contributed by atoms with Crippen LogP contribution in [0.15, 0.2) is 24.3 Å². The van der Waals surface area contributed by atoms with Crippen LogP contribution in [0.25, 0.3) is 0 Å². The Bertz CT molecular complexity index is 372. The van der Waals surface area contributed by atoms with Gasteiger partial charge in [0.15, 0.2) is 5.78 Å². The van der Waals surface area contributed by atoms with E-state index in [1.807, 2.05) is 6.92 Å². The van der Waals surface area contributed by atoms with E-state index in [4.69, 9.17) is 0 Å². The molecule has 0 aliphatic carbocycles. The average molecular weight is 205 g/mol. The molecule has 1 N–H and O–H groups in total. The van der Waals surface area contributed by atoms with Crippen molar-refractivity contribution in [3.63, 3.8) is 0 Å². The van der Waals surface area contributed by atoms with Gasteiger partial charge in [0.25, 0.3) is 5.91 Å². The Balaban J connectivity index is 3.06. The molecule has 0 aliphatic rings. The molecule has 1 amide bonds. The van der Waals surface area contributed by atoms with Crippen molar-refractivity contribution >= 4 is 11.7 Å². The Kier molecular flexibility index (Phi) is 4.03. The first kappa shape index (κ1) is 11.4. The van der Waals surface area contributed by atoms with Gasteiger partial charge in [-0.2, -0.15) is 0 Å². The Morgan fingerprint density at radius 1 is 1.13 bits per heavy atom. The molecule has 0 bridgehead atoms. The van der Waals surface area contributed by atoms with Crippen LogP contribution in [0.3, 0.4) is 0 Å². The lowest BCUT2D eigenvalue weighted by atomic mass is 10.0. The standard InChI is InChI=1S/C12H15NO2/c1-3-11(14)9-7-5-6-8-10(9)12(15)13-4-2/h5-8H,3-4H2,1-2H3,(H,13,15). The molecule has 1 aromatic rings. The number of carbonyl (C=O) groups excluding carboxylic acids is 2. The third-order valence-corrected chi connectivity index (χ3v) is 2.13. The van der Waals surface area contributed by atoms with Gasteiger partial charge in [-0.05, 0) is 13.0 Å². The quantitative estimate of drug-likeness (QED) is 0.764. The maximum atomic E-state index is 11.6. The van der Waals surface area contributed by atoms with Crippen LogP contribution < -0.4 is 5.32 Å². The zero-order chi connectivity index (χ0) is 11.3. The van der Waals surface area contributed by atoms with Crippen LogP contribution >= 0.6 is 0 Å². The van der Waals surface area contributed by atoms with Crippen LogP contribution in [-0.2, 0) is 0 Å². The van der Waals surface area contributed by atoms with Gasteiger partial charge in [-0.15, -0.1) is 0 Å². The summed E-state index contributed by atoms with van der Waals surface area (Å²) in [6.45, 7) is 4.20. The SMILES string of the molecule is CCNC(=O)c1ccccc1C(=O)CC. The molecule has 0 radical (unpaired) electrons. The van der Waals surface area contributed by atoms with Gasteiger partial charge in [0.05, 0.1) is 5.56 Å². The van der Waals surface area contributed by atoms with Crippen molar-refractivity contribution in [2.45, 2.75) is 20.3 Å². The van der Waals surface area contributed by atoms with Crippen molar-refractivity contribution in [2.75, 3.05) is 6.54 Å². The van der Waals surface area contributed by atoms with Gasteiger partial charge in [0.1, 0.15) is 0 Å². The van der Waals surface area contributed by atoms with Crippen molar-refractivity contribution in [3.8, 4) is 0 Å². The van der Waals surface area contributed by atoms with Crippen LogP contribution in [0, 0.1) is 0 Å². The molecular weight excluding hydrogens is 190 g/mol. The van der Waals surface area contributed by atoms with Gasteiger partial charge in [0.2, 0.25) is 0 Å². The summed E-state index contributed by atoms with van der Waals surface area (Å²) >= 11 is 0. The second-order valence-electron chi connectivity index (χ2n) is 3.18. The van der Waals surface area contributed by atoms with E-state index < -0.39 is 0 Å². The molecule has 0 fully saturated rings. The molecule has 1 aromatic carbocycles. The number of carbonyl (C=O) groups is 2. The second kappa shape index (κ2) is 5.29. The van der Waals surface area contributed by atoms with E-state index in [0.717, 1.165) is 0 Å². The van der Waals surface area contributed by atoms with E-state index >= 15 is 0 Å². The molecule has 0 saturated carbocycles. The van der Waals surface area contributed by atoms with E-state index in [9.17, 15) is 9.59 Å². The number of hydrogen-bond acceptors (Lipinski definition) is 2. The fraction of sp³-hybridized carbons (Fsp3) is 0.333. The Morgan fingerprint density at radius 3 is 2.27 bits per heavy atom. The number of rotatable bonds is 4. The highest BCUT2D eigenvalue weighted by molar-refractivity contribution is 6.07. The fourth-order valence-electron chi connectivity index (χ4n) is 1.37. The van der Waals surface area contributed by atoms with Crippen LogP contribution in [0.2, 0.25) is 0 Å². The summed E-state index contributed by atoms with van der Waals surface area (Å²) < 4.78 is 0. The smallest absolute Gasteiger partial charge is 0.252 e. The zero-order valence-corrected chi connectivity index (χ0v) is 9.04. The summed E-state index contributed by atoms with van der Waals surface area (Å²) in [5, 5.41) is 2.69. The molecule has 0 aliphatic heterocycles. The van der Waals surface area contributed by atoms with Crippen molar-refractivity contribution in [3.05, 3.63) is 35.4 Å². The molecule has 15 heavy (non-hydrogen) atoms. The topological polar surface area (TPSA) is 46.2 Å². The van der Waals surface area contributed by atoms with E-state index in [-0.39, 0.29) is 11.7 Å². The Labute approximate surface area is 89.5 Å². The first-order valence-electron chi connectivity index (χ1n) is 5.11. The van der Waals surface area contributed by atoms with Crippen molar-refractivity contribution in [1.82, 2.24) is 5.32 Å². The molecule has 0 saturated heterocycles. The first-order chi connectivity index (χ1) is 7.20. The molecule has 1 rings (SSSR count). The molecule has 3 heteroatoms. The third kappa shape index (κ3) is 2.65. The summed E-state index contributed by atoms with van der Waals surface area (Å²) in [7, 11) is 0. The fourth-order valence-corrected chi connectivity index (χ4v) is 1.37. The maximum Gasteiger partial charge on any atom is 0.252 e. The highest BCUT2D eigenvalue weighted by atomic mass is 16.2. The Morgan fingerprint density at radius 2 is 1.73 bits per heavy atom. The summed E-state index contributed by atoms with van der Waals surface area (Å²) in [5.41, 5.74) is 0.970. The van der Waals surface area contributed by atoms with Crippen LogP contribution in [0.4, 0.5) is 0 Å². The molecular formula is C12H15NO2. The van der Waals surface area contributed by atoms with Gasteiger partial charge in [-0.3, -0.25) is 9.59 Å². The van der Waals surface area contributed by atoms with E-state index in [0.29, 0.717) is 24.1 Å². The lowest BCUT2D eigenvalue weighted by molar-refractivity contribution is 0.0935. The number of ketones is 1. The summed E-state index contributed by atoms with van der Waals surface area (Å²) in [6.07, 6.45) is 0.413. The normalized spacial score (nSPS) is 9.73. The average Bonchev–Trinajstić information content (AvgIpc) is 2.28. The van der Waals surface area contributed by atoms with Crippen molar-refractivity contribution < 1.29 is 9.59 Å². The molecule has 3 nitrogen and oxygen atoms in total. The highest BCUT2D eigenvalue weighted by Gasteiger charge is 2.13. The molecule has 0 spiro atoms. The summed E-state index contributed by atoms with van der Waals surface area (Å²) in [6, 6.07) is 6.90. The number of hydrogen-bond donors (Lipinski definition) is 1. The number of amides is 1. The highest BCUT2D eigenvalue weighted by Crippen LogP contribution is 2.11. The van der Waals surface area contributed by atoms with Gasteiger partial charge >= 0.3 is 0 Å². The molecule has 80 valence electrons. The lowest BCUT2D eigenvalue weighted by Gasteiger charge is -2.06. The number of Topliss-reactive ketones (excluding diaryl/α,β-unsaturated/α-hetero) is 1. The molecule has 0 aromatic heterocycles. The minimum absolute atomic E-state index is 0.00291. The van der Waals surface area contributed by atoms with Crippen LogP contribution in [-0.4, -0.2) is 18.2 Å². The predicted molar refractivity (Wildman–Crippen MR) is 59.1 cm³/mol. The van der Waals surface area contributed by atoms with Crippen molar-refractivity contribution in [2.24, 2.45) is 0 Å². The van der Waals surface area contributed by atoms with E-state index in [2.05, 4.69) is 5.32 Å². The summed E-state index contributed by atoms with van der Waals surface area (Å²) in [4.78, 5) is 23.2. The molecule has 0 heterocycles. The minimum atomic E-state index is -0.185. The van der Waals surface area contributed by atoms with Gasteiger partial charge in [-0.1, -0.05) is 25.1 Å². The van der Waals surface area contributed by atoms with E-state index in [1.54, 1.807) is 31.2 Å². The van der Waals surface area contributed by atoms with Crippen LogP contribution in [0.5, 0.6) is 0 Å². The predicted octanol–water partition coefficient (Wildman–Crippen LogP) is 2.03. The van der Waals surface area contributed by atoms with Gasteiger partial charge in [0, 0.05) is 18.5 Å². The van der Waals surface area contributed by atoms with Gasteiger partial charge < -0.3 is 5.32 Å². The maximum absolute atomic E-state index is 11.6. The van der Waals surface area contributed by atoms with Gasteiger partial charge in [-0.25, -0.2) is 0 Å². The Hall–Kier alpha value is -1.64. The summed E-state index contributed by atoms with van der Waals surface area (Å²) in [5.74, 6) is -0.188. The van der Waals surface area contributed by atoms with E-state index in [1.165, 1.54) is 0 Å². The molecule has 0 unspecified atom stereocenters. The van der Waals surface area contributed by atoms with Crippen molar-refractivity contribution in [1.29, 1.82) is 0 Å². The number of benzene rings is 1. The largest absolute Gasteiger partial charge is 0.352 e. The first-order valence-corrected chi connectivity index (χ1v) is 5.11. The monoisotopic (exact) mass is 205 g/mol. The molecule has 0 atom stereocenters. The van der Waals surface area contributed by atoms with Crippen LogP contribution in [0.1, 0.15) is 41.0 Å². The third-order valence-electron chi connectivity index (χ3n) is 2.13. The second-order valence-corrected chi connectivity index (χ2v) is 3.18.